The van der Waals surface area contributed by atoms with Gasteiger partial charge in [0.25, 0.3) is 0 Å². The van der Waals surface area contributed by atoms with Crippen molar-refractivity contribution in [1.82, 2.24) is 5.32 Å². The number of carbonyl (C=O) groups excluding carboxylic acids is 1. The Kier molecular flexibility index (Phi) is 5.98. The molecular formula is C21H30N2O3. The van der Waals surface area contributed by atoms with Crippen LogP contribution in [0.5, 0.6) is 0 Å². The Bertz CT molecular complexity index is 696. The van der Waals surface area contributed by atoms with Crippen molar-refractivity contribution in [2.24, 2.45) is 0 Å². The predicted molar refractivity (Wildman–Crippen MR) is 101 cm³/mol. The second-order valence-corrected chi connectivity index (χ2v) is 7.95. The van der Waals surface area contributed by atoms with E-state index in [4.69, 9.17) is 9.47 Å². The topological polar surface area (TPSA) is 71.3 Å². The number of amides is 1. The quantitative estimate of drug-likeness (QED) is 0.880. The van der Waals surface area contributed by atoms with E-state index in [0.717, 1.165) is 18.4 Å². The molecule has 0 aliphatic heterocycles. The number of hydrogen-bond donors (Lipinski definition) is 1. The maximum atomic E-state index is 12.5. The first kappa shape index (κ1) is 20.3. The number of carbonyl (C=O) groups is 1. The minimum absolute atomic E-state index is 0.150. The summed E-state index contributed by atoms with van der Waals surface area (Å²) in [5, 5.41) is 12.4. The van der Waals surface area contributed by atoms with Crippen molar-refractivity contribution >= 4 is 6.09 Å². The zero-order valence-electron chi connectivity index (χ0n) is 16.7. The first-order valence-electron chi connectivity index (χ1n) is 9.26. The maximum absolute atomic E-state index is 12.5. The lowest BCUT2D eigenvalue weighted by Gasteiger charge is -2.48. The Balaban J connectivity index is 2.50. The molecule has 2 atom stereocenters. The smallest absolute Gasteiger partial charge is 0.407 e. The second kappa shape index (κ2) is 7.67. The van der Waals surface area contributed by atoms with Crippen molar-refractivity contribution in [2.75, 3.05) is 7.11 Å². The van der Waals surface area contributed by atoms with Gasteiger partial charge in [0.2, 0.25) is 0 Å². The number of hydrogen-bond acceptors (Lipinski definition) is 4. The fraction of sp³-hybridized carbons (Fsp3) is 0.619. The van der Waals surface area contributed by atoms with Crippen molar-refractivity contribution in [2.45, 2.75) is 77.0 Å². The van der Waals surface area contributed by atoms with Gasteiger partial charge in [0.05, 0.1) is 23.8 Å². The number of fused-ring (bicyclic) bond motifs is 1. The van der Waals surface area contributed by atoms with E-state index in [0.29, 0.717) is 12.0 Å². The van der Waals surface area contributed by atoms with Crippen molar-refractivity contribution in [3.8, 4) is 6.07 Å². The van der Waals surface area contributed by atoms with Gasteiger partial charge in [-0.3, -0.25) is 0 Å². The number of ether oxygens (including phenoxy) is 2. The lowest BCUT2D eigenvalue weighted by atomic mass is 9.62. The summed E-state index contributed by atoms with van der Waals surface area (Å²) >= 11 is 0. The van der Waals surface area contributed by atoms with Gasteiger partial charge in [0.15, 0.2) is 0 Å². The molecule has 0 aromatic heterocycles. The highest BCUT2D eigenvalue weighted by molar-refractivity contribution is 5.69. The van der Waals surface area contributed by atoms with Gasteiger partial charge in [0.1, 0.15) is 5.60 Å². The van der Waals surface area contributed by atoms with Gasteiger partial charge < -0.3 is 14.8 Å². The van der Waals surface area contributed by atoms with E-state index in [1.807, 2.05) is 39.0 Å². The number of rotatable bonds is 4. The minimum atomic E-state index is -0.561. The number of nitrogens with one attached hydrogen (secondary N) is 1. The van der Waals surface area contributed by atoms with Gasteiger partial charge >= 0.3 is 6.09 Å². The van der Waals surface area contributed by atoms with Crippen LogP contribution in [0.1, 0.15) is 64.2 Å². The van der Waals surface area contributed by atoms with Gasteiger partial charge in [0, 0.05) is 18.9 Å². The Hall–Kier alpha value is -2.06. The summed E-state index contributed by atoms with van der Waals surface area (Å²) in [7, 11) is 1.68. The van der Waals surface area contributed by atoms with E-state index in [2.05, 4.69) is 25.2 Å². The first-order valence-corrected chi connectivity index (χ1v) is 9.26. The summed E-state index contributed by atoms with van der Waals surface area (Å²) in [4.78, 5) is 12.5. The number of methoxy groups -OCH3 is 1. The van der Waals surface area contributed by atoms with Crippen LogP contribution in [-0.2, 0) is 21.3 Å². The molecule has 0 bridgehead atoms. The third kappa shape index (κ3) is 3.86. The van der Waals surface area contributed by atoms with Crippen LogP contribution in [0.15, 0.2) is 18.2 Å². The molecule has 1 amide bonds. The molecule has 0 radical (unpaired) electrons. The molecule has 0 saturated carbocycles. The summed E-state index contributed by atoms with van der Waals surface area (Å²) < 4.78 is 11.3. The van der Waals surface area contributed by atoms with Crippen molar-refractivity contribution in [1.29, 1.82) is 5.26 Å². The summed E-state index contributed by atoms with van der Waals surface area (Å²) in [6.45, 7) is 9.79. The monoisotopic (exact) mass is 358 g/mol. The lowest BCUT2D eigenvalue weighted by molar-refractivity contribution is 0.00830. The van der Waals surface area contributed by atoms with E-state index in [9.17, 15) is 10.1 Å². The van der Waals surface area contributed by atoms with Crippen LogP contribution in [0, 0.1) is 11.3 Å². The van der Waals surface area contributed by atoms with E-state index >= 15 is 0 Å². The van der Waals surface area contributed by atoms with Crippen LogP contribution < -0.4 is 5.32 Å². The predicted octanol–water partition coefficient (Wildman–Crippen LogP) is 4.08. The maximum Gasteiger partial charge on any atom is 0.407 e. The van der Waals surface area contributed by atoms with Crippen molar-refractivity contribution < 1.29 is 14.3 Å². The summed E-state index contributed by atoms with van der Waals surface area (Å²) in [6, 6.07) is 7.85. The van der Waals surface area contributed by atoms with Crippen LogP contribution in [0.2, 0.25) is 0 Å². The highest BCUT2D eigenvalue weighted by Crippen LogP contribution is 2.44. The molecule has 0 unspecified atom stereocenters. The van der Waals surface area contributed by atoms with E-state index in [1.165, 1.54) is 5.56 Å². The third-order valence-electron chi connectivity index (χ3n) is 5.40. The highest BCUT2D eigenvalue weighted by atomic mass is 16.6. The molecular weight excluding hydrogens is 328 g/mol. The van der Waals surface area contributed by atoms with Gasteiger partial charge in [-0.05, 0) is 56.9 Å². The van der Waals surface area contributed by atoms with E-state index in [-0.39, 0.29) is 17.6 Å². The molecule has 0 saturated heterocycles. The van der Waals surface area contributed by atoms with Crippen LogP contribution >= 0.6 is 0 Å². The molecule has 1 aromatic carbocycles. The molecule has 5 heteroatoms. The van der Waals surface area contributed by atoms with Crippen LogP contribution in [0.4, 0.5) is 4.79 Å². The molecule has 0 spiro atoms. The van der Waals surface area contributed by atoms with Crippen LogP contribution in [0.3, 0.4) is 0 Å². The average Bonchev–Trinajstić information content (AvgIpc) is 2.59. The number of benzene rings is 1. The number of nitrogens with zero attached hydrogens (tertiary/aromatic N) is 1. The zero-order chi connectivity index (χ0) is 19.5. The lowest BCUT2D eigenvalue weighted by Crippen LogP contribution is -2.60. The summed E-state index contributed by atoms with van der Waals surface area (Å²) in [6.07, 6.45) is 1.76. The Morgan fingerprint density at radius 1 is 1.35 bits per heavy atom. The highest BCUT2D eigenvalue weighted by Gasteiger charge is 2.48. The number of nitriles is 1. The molecule has 142 valence electrons. The standard InChI is InChI=1S/C21H30N2O3/c1-7-21(8-2)16-11-14(13-22)9-10-15(16)12-17(25-6)18(21)23-19(24)26-20(3,4)5/h9-11,17-18H,7-8,12H2,1-6H3,(H,23,24)/t17-,18+/m0/s1. The normalized spacial score (nSPS) is 21.4. The molecule has 5 nitrogen and oxygen atoms in total. The summed E-state index contributed by atoms with van der Waals surface area (Å²) in [5.41, 5.74) is 2.09. The minimum Gasteiger partial charge on any atom is -0.444 e. The van der Waals surface area contributed by atoms with Crippen LogP contribution in [-0.4, -0.2) is 30.9 Å². The third-order valence-corrected chi connectivity index (χ3v) is 5.40. The van der Waals surface area contributed by atoms with Crippen molar-refractivity contribution in [3.63, 3.8) is 0 Å². The fourth-order valence-corrected chi connectivity index (χ4v) is 4.10. The van der Waals surface area contributed by atoms with E-state index < -0.39 is 11.7 Å². The van der Waals surface area contributed by atoms with Gasteiger partial charge in [-0.25, -0.2) is 4.79 Å². The average molecular weight is 358 g/mol. The fourth-order valence-electron chi connectivity index (χ4n) is 4.10. The molecule has 0 heterocycles. The molecule has 0 fully saturated rings. The van der Waals surface area contributed by atoms with Gasteiger partial charge in [-0.2, -0.15) is 5.26 Å². The molecule has 26 heavy (non-hydrogen) atoms. The summed E-state index contributed by atoms with van der Waals surface area (Å²) in [5.74, 6) is 0. The number of alkyl carbamates (subject to hydrolysis) is 1. The second-order valence-electron chi connectivity index (χ2n) is 7.95. The Morgan fingerprint density at radius 3 is 2.50 bits per heavy atom. The molecule has 1 aromatic rings. The van der Waals surface area contributed by atoms with Crippen molar-refractivity contribution in [3.05, 3.63) is 34.9 Å². The van der Waals surface area contributed by atoms with Gasteiger partial charge in [-0.15, -0.1) is 0 Å². The Labute approximate surface area is 156 Å². The molecule has 1 N–H and O–H groups in total. The zero-order valence-corrected chi connectivity index (χ0v) is 16.7. The first-order chi connectivity index (χ1) is 12.2. The van der Waals surface area contributed by atoms with E-state index in [1.54, 1.807) is 7.11 Å². The SMILES string of the molecule is CCC1(CC)c2cc(C#N)ccc2C[C@H](OC)[C@H]1NC(=O)OC(C)(C)C. The molecule has 1 aliphatic carbocycles. The molecule has 2 rings (SSSR count). The van der Waals surface area contributed by atoms with Crippen LogP contribution in [0.25, 0.3) is 0 Å². The Morgan fingerprint density at radius 2 is 2.00 bits per heavy atom. The van der Waals surface area contributed by atoms with Gasteiger partial charge in [-0.1, -0.05) is 19.9 Å². The molecule has 1 aliphatic rings. The largest absolute Gasteiger partial charge is 0.444 e.